The van der Waals surface area contributed by atoms with Crippen molar-refractivity contribution < 1.29 is 8.78 Å². The monoisotopic (exact) mass is 279 g/mol. The number of nitrogens with zero attached hydrogens (tertiary/aromatic N) is 1. The van der Waals surface area contributed by atoms with Crippen molar-refractivity contribution in [2.75, 3.05) is 5.32 Å². The van der Waals surface area contributed by atoms with Gasteiger partial charge in [-0.15, -0.1) is 0 Å². The number of aromatic amines is 1. The van der Waals surface area contributed by atoms with Crippen molar-refractivity contribution in [1.82, 2.24) is 9.97 Å². The molecular formula is C14H15F2N3O. The Labute approximate surface area is 114 Å². The first-order chi connectivity index (χ1) is 9.38. The maximum atomic E-state index is 13.6. The van der Waals surface area contributed by atoms with Gasteiger partial charge in [0, 0.05) is 0 Å². The molecule has 0 fully saturated rings. The van der Waals surface area contributed by atoms with Crippen LogP contribution in [0.25, 0.3) is 0 Å². The van der Waals surface area contributed by atoms with E-state index in [1.54, 1.807) is 20.8 Å². The molecule has 106 valence electrons. The van der Waals surface area contributed by atoms with E-state index in [4.69, 9.17) is 0 Å². The summed E-state index contributed by atoms with van der Waals surface area (Å²) in [5.74, 6) is -0.610. The number of nitrogens with one attached hydrogen (secondary N) is 2. The van der Waals surface area contributed by atoms with Crippen LogP contribution in [-0.2, 0) is 0 Å². The number of aromatic nitrogens is 2. The third kappa shape index (κ3) is 2.84. The van der Waals surface area contributed by atoms with Gasteiger partial charge in [0.1, 0.15) is 17.5 Å². The van der Waals surface area contributed by atoms with Gasteiger partial charge >= 0.3 is 0 Å². The highest BCUT2D eigenvalue weighted by Crippen LogP contribution is 2.22. The standard InChI is InChI=1S/C14H15F2N3O/c1-7-13(14(20)19-9(3)17-7)8(2)18-12-6-10(15)4-5-11(12)16/h4-6,8,18H,1-3H3,(H,17,19,20). The van der Waals surface area contributed by atoms with Crippen molar-refractivity contribution in [2.24, 2.45) is 0 Å². The number of aryl methyl sites for hydroxylation is 2. The highest BCUT2D eigenvalue weighted by atomic mass is 19.1. The first-order valence-electron chi connectivity index (χ1n) is 6.17. The number of benzene rings is 1. The van der Waals surface area contributed by atoms with E-state index in [0.717, 1.165) is 18.2 Å². The molecule has 0 aliphatic carbocycles. The molecule has 6 heteroatoms. The van der Waals surface area contributed by atoms with Crippen molar-refractivity contribution in [2.45, 2.75) is 26.8 Å². The van der Waals surface area contributed by atoms with Crippen LogP contribution in [0.1, 0.15) is 30.0 Å². The Kier molecular flexibility index (Phi) is 3.83. The van der Waals surface area contributed by atoms with Crippen molar-refractivity contribution >= 4 is 5.69 Å². The molecular weight excluding hydrogens is 264 g/mol. The lowest BCUT2D eigenvalue weighted by molar-refractivity contribution is 0.600. The van der Waals surface area contributed by atoms with Crippen LogP contribution in [0.4, 0.5) is 14.5 Å². The van der Waals surface area contributed by atoms with Gasteiger partial charge < -0.3 is 10.3 Å². The summed E-state index contributed by atoms with van der Waals surface area (Å²) in [6.07, 6.45) is 0. The van der Waals surface area contributed by atoms with Crippen LogP contribution in [0, 0.1) is 25.5 Å². The van der Waals surface area contributed by atoms with Crippen LogP contribution >= 0.6 is 0 Å². The van der Waals surface area contributed by atoms with E-state index in [0.29, 0.717) is 17.1 Å². The van der Waals surface area contributed by atoms with Gasteiger partial charge in [0.15, 0.2) is 0 Å². The molecule has 0 saturated carbocycles. The second-order valence-corrected chi connectivity index (χ2v) is 4.64. The largest absolute Gasteiger partial charge is 0.376 e. The molecule has 20 heavy (non-hydrogen) atoms. The molecule has 4 nitrogen and oxygen atoms in total. The summed E-state index contributed by atoms with van der Waals surface area (Å²) in [6.45, 7) is 5.08. The van der Waals surface area contributed by atoms with Gasteiger partial charge in [-0.3, -0.25) is 4.79 Å². The average Bonchev–Trinajstić information content (AvgIpc) is 2.32. The van der Waals surface area contributed by atoms with E-state index in [2.05, 4.69) is 15.3 Å². The fourth-order valence-corrected chi connectivity index (χ4v) is 2.16. The van der Waals surface area contributed by atoms with Gasteiger partial charge in [-0.25, -0.2) is 13.8 Å². The topological polar surface area (TPSA) is 57.8 Å². The van der Waals surface area contributed by atoms with Crippen LogP contribution in [-0.4, -0.2) is 9.97 Å². The van der Waals surface area contributed by atoms with Gasteiger partial charge in [0.25, 0.3) is 5.56 Å². The number of anilines is 1. The third-order valence-corrected chi connectivity index (χ3v) is 3.00. The summed E-state index contributed by atoms with van der Waals surface area (Å²) in [5.41, 5.74) is 0.686. The summed E-state index contributed by atoms with van der Waals surface area (Å²) in [7, 11) is 0. The van der Waals surface area contributed by atoms with Gasteiger partial charge in [0.2, 0.25) is 0 Å². The quantitative estimate of drug-likeness (QED) is 0.908. The van der Waals surface area contributed by atoms with Crippen LogP contribution < -0.4 is 10.9 Å². The second kappa shape index (κ2) is 5.40. The molecule has 0 amide bonds. The fourth-order valence-electron chi connectivity index (χ4n) is 2.16. The predicted octanol–water partition coefficient (Wildman–Crippen LogP) is 2.84. The molecule has 2 N–H and O–H groups in total. The van der Waals surface area contributed by atoms with Gasteiger partial charge in [-0.2, -0.15) is 0 Å². The van der Waals surface area contributed by atoms with Crippen LogP contribution in [0.3, 0.4) is 0 Å². The first-order valence-corrected chi connectivity index (χ1v) is 6.17. The lowest BCUT2D eigenvalue weighted by atomic mass is 10.1. The average molecular weight is 279 g/mol. The number of halogens is 2. The smallest absolute Gasteiger partial charge is 0.256 e. The Morgan fingerprint density at radius 2 is 2.00 bits per heavy atom. The lowest BCUT2D eigenvalue weighted by Crippen LogP contribution is -2.23. The van der Waals surface area contributed by atoms with Crippen LogP contribution in [0.2, 0.25) is 0 Å². The first kappa shape index (κ1) is 14.2. The highest BCUT2D eigenvalue weighted by molar-refractivity contribution is 5.47. The van der Waals surface area contributed by atoms with E-state index < -0.39 is 17.7 Å². The maximum Gasteiger partial charge on any atom is 0.256 e. The summed E-state index contributed by atoms with van der Waals surface area (Å²) in [4.78, 5) is 18.7. The molecule has 0 bridgehead atoms. The molecule has 0 aliphatic heterocycles. The minimum absolute atomic E-state index is 0.0110. The van der Waals surface area contributed by atoms with Gasteiger partial charge in [-0.05, 0) is 39.0 Å². The van der Waals surface area contributed by atoms with Crippen molar-refractivity contribution in [3.8, 4) is 0 Å². The lowest BCUT2D eigenvalue weighted by Gasteiger charge is -2.17. The highest BCUT2D eigenvalue weighted by Gasteiger charge is 2.16. The zero-order valence-corrected chi connectivity index (χ0v) is 11.4. The molecule has 0 radical (unpaired) electrons. The molecule has 1 aromatic heterocycles. The zero-order valence-electron chi connectivity index (χ0n) is 11.4. The molecule has 0 spiro atoms. The van der Waals surface area contributed by atoms with Crippen LogP contribution in [0.5, 0.6) is 0 Å². The Morgan fingerprint density at radius 3 is 2.65 bits per heavy atom. The number of H-pyrrole nitrogens is 1. The van der Waals surface area contributed by atoms with Crippen molar-refractivity contribution in [1.29, 1.82) is 0 Å². The zero-order chi connectivity index (χ0) is 14.9. The molecule has 0 saturated heterocycles. The minimum Gasteiger partial charge on any atom is -0.376 e. The molecule has 2 rings (SSSR count). The Morgan fingerprint density at radius 1 is 1.30 bits per heavy atom. The van der Waals surface area contributed by atoms with Crippen LogP contribution in [0.15, 0.2) is 23.0 Å². The third-order valence-electron chi connectivity index (χ3n) is 3.00. The van der Waals surface area contributed by atoms with E-state index in [9.17, 15) is 13.6 Å². The number of rotatable bonds is 3. The van der Waals surface area contributed by atoms with E-state index in [1.165, 1.54) is 0 Å². The van der Waals surface area contributed by atoms with Crippen molar-refractivity contribution in [3.05, 3.63) is 57.3 Å². The van der Waals surface area contributed by atoms with E-state index in [1.807, 2.05) is 0 Å². The van der Waals surface area contributed by atoms with E-state index in [-0.39, 0.29) is 11.2 Å². The molecule has 0 aliphatic rings. The molecule has 2 aromatic rings. The fraction of sp³-hybridized carbons (Fsp3) is 0.286. The predicted molar refractivity (Wildman–Crippen MR) is 72.7 cm³/mol. The SMILES string of the molecule is Cc1nc(C)c(C(C)Nc2cc(F)ccc2F)c(=O)[nH]1. The molecule has 1 heterocycles. The summed E-state index contributed by atoms with van der Waals surface area (Å²) >= 11 is 0. The minimum atomic E-state index is -0.576. The normalized spacial score (nSPS) is 12.2. The second-order valence-electron chi connectivity index (χ2n) is 4.64. The molecule has 1 atom stereocenters. The number of hydrogen-bond acceptors (Lipinski definition) is 3. The van der Waals surface area contributed by atoms with Gasteiger partial charge in [-0.1, -0.05) is 0 Å². The Balaban J connectivity index is 2.36. The maximum absolute atomic E-state index is 13.6. The summed E-state index contributed by atoms with van der Waals surface area (Å²) in [5, 5.41) is 2.79. The van der Waals surface area contributed by atoms with Gasteiger partial charge in [0.05, 0.1) is 23.0 Å². The van der Waals surface area contributed by atoms with Crippen molar-refractivity contribution in [3.63, 3.8) is 0 Å². The molecule has 1 aromatic carbocycles. The summed E-state index contributed by atoms with van der Waals surface area (Å²) < 4.78 is 26.7. The Hall–Kier alpha value is -2.24. The van der Waals surface area contributed by atoms with E-state index >= 15 is 0 Å². The molecule has 1 unspecified atom stereocenters. The number of hydrogen-bond donors (Lipinski definition) is 2. The summed E-state index contributed by atoms with van der Waals surface area (Å²) in [6, 6.07) is 2.63. The Bertz CT molecular complexity index is 697.